The van der Waals surface area contributed by atoms with Gasteiger partial charge in [0.15, 0.2) is 0 Å². The Kier molecular flexibility index (Phi) is 4.31. The summed E-state index contributed by atoms with van der Waals surface area (Å²) < 4.78 is 0. The number of amides is 2. The Morgan fingerprint density at radius 1 is 0.769 bits per heavy atom. The highest BCUT2D eigenvalue weighted by atomic mass is 16.2. The molecule has 0 fully saturated rings. The van der Waals surface area contributed by atoms with E-state index in [1.807, 2.05) is 91.0 Å². The summed E-state index contributed by atoms with van der Waals surface area (Å²) in [5, 5.41) is 3.94. The van der Waals surface area contributed by atoms with Crippen molar-refractivity contribution in [3.8, 4) is 0 Å². The van der Waals surface area contributed by atoms with E-state index in [1.165, 1.54) is 0 Å². The van der Waals surface area contributed by atoms with Gasteiger partial charge in [-0.15, -0.1) is 0 Å². The van der Waals surface area contributed by atoms with Gasteiger partial charge in [0.2, 0.25) is 0 Å². The Bertz CT molecular complexity index is 993. The first-order valence-electron chi connectivity index (χ1n) is 8.37. The molecular weight excluding hydrogens is 322 g/mol. The average Bonchev–Trinajstić information content (AvgIpc) is 2.70. The zero-order chi connectivity index (χ0) is 17.8. The molecule has 0 spiro atoms. The van der Waals surface area contributed by atoms with Crippen LogP contribution in [0.15, 0.2) is 97.2 Å². The van der Waals surface area contributed by atoms with E-state index in [0.29, 0.717) is 5.69 Å². The van der Waals surface area contributed by atoms with E-state index in [1.54, 1.807) is 11.1 Å². The van der Waals surface area contributed by atoms with E-state index in [0.717, 1.165) is 22.3 Å². The lowest BCUT2D eigenvalue weighted by molar-refractivity contribution is 0.259. The Labute approximate surface area is 151 Å². The molecule has 0 aliphatic carbocycles. The quantitative estimate of drug-likeness (QED) is 0.527. The zero-order valence-electron chi connectivity index (χ0n) is 14.0. The second-order valence-electron chi connectivity index (χ2n) is 5.85. The number of anilines is 3. The maximum Gasteiger partial charge on any atom is 0.330 e. The van der Waals surface area contributed by atoms with Gasteiger partial charge in [0, 0.05) is 5.39 Å². The van der Waals surface area contributed by atoms with Crippen LogP contribution in [0.1, 0.15) is 0 Å². The first-order valence-corrected chi connectivity index (χ1v) is 8.37. The minimum Gasteiger partial charge on any atom is -0.306 e. The van der Waals surface area contributed by atoms with E-state index in [4.69, 9.17) is 0 Å². The predicted octanol–water partition coefficient (Wildman–Crippen LogP) is 5.61. The number of hydrogen-bond donors (Lipinski definition) is 1. The molecule has 4 rings (SSSR count). The third-order valence-electron chi connectivity index (χ3n) is 4.07. The van der Waals surface area contributed by atoms with E-state index < -0.39 is 0 Å². The number of nitrogens with zero attached hydrogens (tertiary/aromatic N) is 2. The highest BCUT2D eigenvalue weighted by molar-refractivity contribution is 6.07. The van der Waals surface area contributed by atoms with Gasteiger partial charge in [-0.2, -0.15) is 0 Å². The number of nitrogens with one attached hydrogen (secondary N) is 1. The van der Waals surface area contributed by atoms with Crippen LogP contribution < -0.4 is 10.2 Å². The molecule has 0 aliphatic rings. The number of benzene rings is 3. The van der Waals surface area contributed by atoms with Crippen molar-refractivity contribution in [1.29, 1.82) is 0 Å². The van der Waals surface area contributed by atoms with Crippen LogP contribution in [0.3, 0.4) is 0 Å². The fraction of sp³-hybridized carbons (Fsp3) is 0. The topological polar surface area (TPSA) is 45.2 Å². The number of carbonyl (C=O) groups is 1. The lowest BCUT2D eigenvalue weighted by Crippen LogP contribution is -2.30. The molecular formula is C22H17N3O. The first-order chi connectivity index (χ1) is 12.8. The van der Waals surface area contributed by atoms with Gasteiger partial charge in [-0.05, 0) is 36.4 Å². The first kappa shape index (κ1) is 15.8. The average molecular weight is 339 g/mol. The molecule has 4 aromatic rings. The van der Waals surface area contributed by atoms with Crippen LogP contribution in [-0.4, -0.2) is 11.0 Å². The Hall–Kier alpha value is -3.66. The smallest absolute Gasteiger partial charge is 0.306 e. The Morgan fingerprint density at radius 2 is 1.35 bits per heavy atom. The van der Waals surface area contributed by atoms with Crippen LogP contribution in [0.5, 0.6) is 0 Å². The Balaban J connectivity index is 1.68. The Morgan fingerprint density at radius 3 is 2.00 bits per heavy atom. The van der Waals surface area contributed by atoms with E-state index in [2.05, 4.69) is 10.3 Å². The van der Waals surface area contributed by atoms with Crippen molar-refractivity contribution in [3.63, 3.8) is 0 Å². The molecule has 1 aromatic heterocycles. The molecule has 126 valence electrons. The van der Waals surface area contributed by atoms with Crippen LogP contribution in [0, 0.1) is 0 Å². The number of rotatable bonds is 3. The monoisotopic (exact) mass is 339 g/mol. The van der Waals surface area contributed by atoms with Crippen LogP contribution in [-0.2, 0) is 0 Å². The summed E-state index contributed by atoms with van der Waals surface area (Å²) in [6.45, 7) is 0. The molecule has 0 saturated heterocycles. The number of hydrogen-bond acceptors (Lipinski definition) is 2. The summed E-state index contributed by atoms with van der Waals surface area (Å²) in [5.74, 6) is 0. The molecule has 0 bridgehead atoms. The summed E-state index contributed by atoms with van der Waals surface area (Å²) in [5.41, 5.74) is 3.15. The molecule has 1 N–H and O–H groups in total. The van der Waals surface area contributed by atoms with Crippen molar-refractivity contribution in [1.82, 2.24) is 4.98 Å². The molecule has 26 heavy (non-hydrogen) atoms. The fourth-order valence-electron chi connectivity index (χ4n) is 2.86. The van der Waals surface area contributed by atoms with Crippen molar-refractivity contribution in [2.75, 3.05) is 10.2 Å². The lowest BCUT2D eigenvalue weighted by Gasteiger charge is -2.23. The van der Waals surface area contributed by atoms with Crippen LogP contribution in [0.25, 0.3) is 10.9 Å². The van der Waals surface area contributed by atoms with Gasteiger partial charge in [0.05, 0.1) is 28.8 Å². The van der Waals surface area contributed by atoms with Crippen molar-refractivity contribution in [3.05, 3.63) is 97.2 Å². The molecule has 0 saturated carbocycles. The molecule has 4 nitrogen and oxygen atoms in total. The fourth-order valence-corrected chi connectivity index (χ4v) is 2.86. The van der Waals surface area contributed by atoms with Gasteiger partial charge in [-0.3, -0.25) is 9.88 Å². The zero-order valence-corrected chi connectivity index (χ0v) is 14.0. The van der Waals surface area contributed by atoms with Crippen LogP contribution in [0.4, 0.5) is 21.9 Å². The van der Waals surface area contributed by atoms with Gasteiger partial charge in [0.1, 0.15) is 0 Å². The second-order valence-corrected chi connectivity index (χ2v) is 5.85. The second kappa shape index (κ2) is 7.07. The van der Waals surface area contributed by atoms with Gasteiger partial charge >= 0.3 is 6.03 Å². The summed E-state index contributed by atoms with van der Waals surface area (Å²) in [4.78, 5) is 19.1. The van der Waals surface area contributed by atoms with Crippen LogP contribution >= 0.6 is 0 Å². The van der Waals surface area contributed by atoms with Crippen molar-refractivity contribution in [2.24, 2.45) is 0 Å². The number of aromatic nitrogens is 1. The summed E-state index contributed by atoms with van der Waals surface area (Å²) >= 11 is 0. The van der Waals surface area contributed by atoms with Gasteiger partial charge in [-0.1, -0.05) is 54.6 Å². The molecule has 0 unspecified atom stereocenters. The molecule has 0 atom stereocenters. The SMILES string of the molecule is O=C(Nc1cnc2ccccc2c1)N(c1ccccc1)c1ccccc1. The molecule has 1 heterocycles. The van der Waals surface area contributed by atoms with E-state index >= 15 is 0 Å². The summed E-state index contributed by atoms with van der Waals surface area (Å²) in [6.07, 6.45) is 1.67. The normalized spacial score (nSPS) is 10.5. The molecule has 4 heteroatoms. The maximum absolute atomic E-state index is 13.0. The number of para-hydroxylation sites is 3. The summed E-state index contributed by atoms with van der Waals surface area (Å²) in [7, 11) is 0. The number of carbonyl (C=O) groups excluding carboxylic acids is 1. The number of urea groups is 1. The molecule has 0 aliphatic heterocycles. The number of fused-ring (bicyclic) bond motifs is 1. The standard InChI is InChI=1S/C22H17N3O/c26-22(24-18-15-17-9-7-8-14-21(17)23-16-18)25(19-10-3-1-4-11-19)20-12-5-2-6-13-20/h1-16H,(H,24,26). The van der Waals surface area contributed by atoms with Gasteiger partial charge in [0.25, 0.3) is 0 Å². The molecule has 2 amide bonds. The lowest BCUT2D eigenvalue weighted by atomic mass is 10.2. The van der Waals surface area contributed by atoms with E-state index in [9.17, 15) is 4.79 Å². The van der Waals surface area contributed by atoms with E-state index in [-0.39, 0.29) is 6.03 Å². The number of pyridine rings is 1. The van der Waals surface area contributed by atoms with Crippen molar-refractivity contribution < 1.29 is 4.79 Å². The van der Waals surface area contributed by atoms with Crippen molar-refractivity contribution in [2.45, 2.75) is 0 Å². The largest absolute Gasteiger partial charge is 0.330 e. The third-order valence-corrected chi connectivity index (χ3v) is 4.07. The predicted molar refractivity (Wildman–Crippen MR) is 106 cm³/mol. The molecule has 0 radical (unpaired) electrons. The van der Waals surface area contributed by atoms with Crippen molar-refractivity contribution >= 4 is 34.0 Å². The summed E-state index contributed by atoms with van der Waals surface area (Å²) in [6, 6.07) is 28.6. The van der Waals surface area contributed by atoms with Crippen LogP contribution in [0.2, 0.25) is 0 Å². The maximum atomic E-state index is 13.0. The molecule has 3 aromatic carbocycles. The highest BCUT2D eigenvalue weighted by Gasteiger charge is 2.18. The third kappa shape index (κ3) is 3.26. The minimum absolute atomic E-state index is 0.237. The minimum atomic E-state index is -0.237. The highest BCUT2D eigenvalue weighted by Crippen LogP contribution is 2.26. The van der Waals surface area contributed by atoms with Gasteiger partial charge < -0.3 is 5.32 Å². The van der Waals surface area contributed by atoms with Gasteiger partial charge in [-0.25, -0.2) is 4.79 Å².